The second kappa shape index (κ2) is 7.58. The Hall–Kier alpha value is -0.850. The van der Waals surface area contributed by atoms with Crippen LogP contribution in [0.15, 0.2) is 22.8 Å². The van der Waals surface area contributed by atoms with E-state index >= 15 is 0 Å². The van der Waals surface area contributed by atoms with Crippen molar-refractivity contribution in [3.05, 3.63) is 22.8 Å². The Balaban J connectivity index is 2.25. The van der Waals surface area contributed by atoms with Crippen molar-refractivity contribution >= 4 is 5.78 Å². The fraction of sp³-hybridized carbons (Fsp3) is 0.783. The van der Waals surface area contributed by atoms with Crippen LogP contribution in [0, 0.1) is 16.7 Å². The van der Waals surface area contributed by atoms with Crippen LogP contribution in [-0.2, 0) is 4.79 Å². The molecule has 0 radical (unpaired) electrons. The van der Waals surface area contributed by atoms with Crippen LogP contribution in [0.4, 0.5) is 0 Å². The van der Waals surface area contributed by atoms with E-state index in [1.54, 1.807) is 18.1 Å². The summed E-state index contributed by atoms with van der Waals surface area (Å²) in [4.78, 5) is 11.6. The van der Waals surface area contributed by atoms with E-state index in [0.29, 0.717) is 16.6 Å². The molecule has 1 unspecified atom stereocenters. The van der Waals surface area contributed by atoms with Crippen LogP contribution in [0.1, 0.15) is 99.3 Å². The minimum atomic E-state index is 0.329. The molecule has 0 spiro atoms. The van der Waals surface area contributed by atoms with Crippen LogP contribution < -0.4 is 0 Å². The van der Waals surface area contributed by atoms with E-state index in [-0.39, 0.29) is 0 Å². The molecular formula is C23H38O. The van der Waals surface area contributed by atoms with Gasteiger partial charge in [-0.05, 0) is 89.4 Å². The third-order valence-electron chi connectivity index (χ3n) is 7.06. The topological polar surface area (TPSA) is 17.1 Å². The Bertz CT molecular complexity index is 534. The molecule has 0 heterocycles. The van der Waals surface area contributed by atoms with Crippen molar-refractivity contribution in [3.8, 4) is 0 Å². The van der Waals surface area contributed by atoms with Gasteiger partial charge in [-0.15, -0.1) is 0 Å². The predicted molar refractivity (Wildman–Crippen MR) is 104 cm³/mol. The summed E-state index contributed by atoms with van der Waals surface area (Å²) in [6.07, 6.45) is 13.3. The Morgan fingerprint density at radius 3 is 2.54 bits per heavy atom. The fourth-order valence-corrected chi connectivity index (χ4v) is 5.79. The first-order valence-corrected chi connectivity index (χ1v) is 10.0. The number of ketones is 1. The molecule has 0 aromatic heterocycles. The third-order valence-corrected chi connectivity index (χ3v) is 7.06. The molecule has 1 saturated carbocycles. The number of carbonyl (C=O) groups is 1. The molecule has 2 aliphatic rings. The van der Waals surface area contributed by atoms with Gasteiger partial charge in [-0.25, -0.2) is 0 Å². The van der Waals surface area contributed by atoms with Crippen LogP contribution in [0.2, 0.25) is 0 Å². The van der Waals surface area contributed by atoms with E-state index in [1.165, 1.54) is 50.5 Å². The molecule has 0 bridgehead atoms. The monoisotopic (exact) mass is 330 g/mol. The molecular weight excluding hydrogens is 292 g/mol. The zero-order chi connectivity index (χ0) is 18.0. The summed E-state index contributed by atoms with van der Waals surface area (Å²) in [6.45, 7) is 13.6. The maximum absolute atomic E-state index is 11.6. The summed E-state index contributed by atoms with van der Waals surface area (Å²) in [7, 11) is 0. The molecule has 0 aromatic rings. The van der Waals surface area contributed by atoms with Gasteiger partial charge in [-0.2, -0.15) is 0 Å². The van der Waals surface area contributed by atoms with E-state index in [0.717, 1.165) is 18.8 Å². The lowest BCUT2D eigenvalue weighted by Gasteiger charge is -2.56. The molecule has 136 valence electrons. The van der Waals surface area contributed by atoms with Crippen molar-refractivity contribution in [1.82, 2.24) is 0 Å². The van der Waals surface area contributed by atoms with Crippen molar-refractivity contribution in [1.29, 1.82) is 0 Å². The number of fused-ring (bicyclic) bond motifs is 1. The minimum absolute atomic E-state index is 0.329. The number of Topliss-reactive ketones (excluding diaryl/α,β-unsaturated/α-hetero) is 1. The SMILES string of the molecule is CC(=O)CCC1=C(C)CCC2[C@](C)(CCC=C(C)C)CCC[C@]12C. The summed E-state index contributed by atoms with van der Waals surface area (Å²) < 4.78 is 0. The van der Waals surface area contributed by atoms with Crippen molar-refractivity contribution in [2.24, 2.45) is 16.7 Å². The molecule has 2 aliphatic carbocycles. The summed E-state index contributed by atoms with van der Waals surface area (Å²) in [5.74, 6) is 1.12. The first kappa shape index (κ1) is 19.5. The Kier molecular flexibility index (Phi) is 6.15. The van der Waals surface area contributed by atoms with E-state index in [9.17, 15) is 4.79 Å². The lowest BCUT2D eigenvalue weighted by molar-refractivity contribution is -0.117. The average Bonchev–Trinajstić information content (AvgIpc) is 2.45. The van der Waals surface area contributed by atoms with E-state index in [2.05, 4.69) is 40.7 Å². The minimum Gasteiger partial charge on any atom is -0.300 e. The van der Waals surface area contributed by atoms with Gasteiger partial charge in [-0.3, -0.25) is 0 Å². The zero-order valence-electron chi connectivity index (χ0n) is 16.9. The summed E-state index contributed by atoms with van der Waals surface area (Å²) in [5.41, 5.74) is 5.46. The first-order valence-electron chi connectivity index (χ1n) is 10.0. The summed E-state index contributed by atoms with van der Waals surface area (Å²) >= 11 is 0. The van der Waals surface area contributed by atoms with E-state index in [1.807, 2.05) is 0 Å². The molecule has 0 amide bonds. The van der Waals surface area contributed by atoms with Crippen LogP contribution in [0.25, 0.3) is 0 Å². The molecule has 1 fully saturated rings. The molecule has 0 saturated heterocycles. The van der Waals surface area contributed by atoms with Crippen molar-refractivity contribution in [3.63, 3.8) is 0 Å². The van der Waals surface area contributed by atoms with Gasteiger partial charge in [0.25, 0.3) is 0 Å². The lowest BCUT2D eigenvalue weighted by Crippen LogP contribution is -2.46. The maximum Gasteiger partial charge on any atom is 0.130 e. The molecule has 2 rings (SSSR count). The number of hydrogen-bond acceptors (Lipinski definition) is 1. The lowest BCUT2D eigenvalue weighted by atomic mass is 9.48. The van der Waals surface area contributed by atoms with Crippen molar-refractivity contribution < 1.29 is 4.79 Å². The standard InChI is InChI=1S/C23H38O/c1-17(2)9-7-14-22(5)15-8-16-23(6)20(12-11-19(4)24)18(3)10-13-21(22)23/h9,21H,7-8,10-16H2,1-6H3/t21?,22-,23-/m1/s1. The zero-order valence-corrected chi connectivity index (χ0v) is 16.9. The highest BCUT2D eigenvalue weighted by Gasteiger charge is 2.51. The smallest absolute Gasteiger partial charge is 0.130 e. The largest absolute Gasteiger partial charge is 0.300 e. The average molecular weight is 331 g/mol. The van der Waals surface area contributed by atoms with Gasteiger partial charge in [0.1, 0.15) is 5.78 Å². The second-order valence-corrected chi connectivity index (χ2v) is 9.30. The van der Waals surface area contributed by atoms with Gasteiger partial charge >= 0.3 is 0 Å². The molecule has 1 nitrogen and oxygen atoms in total. The summed E-state index contributed by atoms with van der Waals surface area (Å²) in [6, 6.07) is 0. The van der Waals surface area contributed by atoms with Gasteiger partial charge < -0.3 is 4.79 Å². The Labute approximate surface area is 150 Å². The number of hydrogen-bond donors (Lipinski definition) is 0. The van der Waals surface area contributed by atoms with E-state index < -0.39 is 0 Å². The molecule has 0 aliphatic heterocycles. The number of allylic oxidation sites excluding steroid dienone is 4. The molecule has 3 atom stereocenters. The van der Waals surface area contributed by atoms with Gasteiger partial charge in [0.05, 0.1) is 0 Å². The summed E-state index contributed by atoms with van der Waals surface area (Å²) in [5, 5.41) is 0. The third kappa shape index (κ3) is 4.03. The van der Waals surface area contributed by atoms with E-state index in [4.69, 9.17) is 0 Å². The molecule has 24 heavy (non-hydrogen) atoms. The molecule has 0 aromatic carbocycles. The number of rotatable bonds is 6. The Morgan fingerprint density at radius 2 is 1.92 bits per heavy atom. The van der Waals surface area contributed by atoms with Gasteiger partial charge in [-0.1, -0.05) is 43.1 Å². The van der Waals surface area contributed by atoms with Crippen LogP contribution in [0.5, 0.6) is 0 Å². The van der Waals surface area contributed by atoms with Crippen molar-refractivity contribution in [2.45, 2.75) is 99.3 Å². The number of carbonyl (C=O) groups excluding carboxylic acids is 1. The highest BCUT2D eigenvalue weighted by molar-refractivity contribution is 5.75. The highest BCUT2D eigenvalue weighted by Crippen LogP contribution is 2.61. The fourth-order valence-electron chi connectivity index (χ4n) is 5.79. The predicted octanol–water partition coefficient (Wildman–Crippen LogP) is 7.03. The normalized spacial score (nSPS) is 33.2. The van der Waals surface area contributed by atoms with Gasteiger partial charge in [0.15, 0.2) is 0 Å². The Morgan fingerprint density at radius 1 is 1.21 bits per heavy atom. The highest BCUT2D eigenvalue weighted by atomic mass is 16.1. The van der Waals surface area contributed by atoms with Crippen LogP contribution >= 0.6 is 0 Å². The second-order valence-electron chi connectivity index (χ2n) is 9.30. The first-order chi connectivity index (χ1) is 11.2. The molecule has 0 N–H and O–H groups in total. The maximum atomic E-state index is 11.6. The van der Waals surface area contributed by atoms with Crippen molar-refractivity contribution in [2.75, 3.05) is 0 Å². The molecule has 1 heteroatoms. The van der Waals surface area contributed by atoms with Gasteiger partial charge in [0.2, 0.25) is 0 Å². The quantitative estimate of drug-likeness (QED) is 0.478. The van der Waals surface area contributed by atoms with Crippen LogP contribution in [0.3, 0.4) is 0 Å². The van der Waals surface area contributed by atoms with Crippen LogP contribution in [-0.4, -0.2) is 5.78 Å². The van der Waals surface area contributed by atoms with Gasteiger partial charge in [0, 0.05) is 6.42 Å².